The first kappa shape index (κ1) is 8.11. The van der Waals surface area contributed by atoms with Crippen LogP contribution in [0.2, 0.25) is 0 Å². The average Bonchev–Trinajstić information content (AvgIpc) is 2.04. The number of aliphatic hydroxyl groups is 1. The second kappa shape index (κ2) is 2.77. The van der Waals surface area contributed by atoms with Gasteiger partial charge in [-0.3, -0.25) is 0 Å². The van der Waals surface area contributed by atoms with Gasteiger partial charge >= 0.3 is 0 Å². The Morgan fingerprint density at radius 2 is 2.33 bits per heavy atom. The van der Waals surface area contributed by atoms with E-state index in [2.05, 4.69) is 13.0 Å². The van der Waals surface area contributed by atoms with Crippen LogP contribution in [-0.2, 0) is 4.74 Å². The van der Waals surface area contributed by atoms with Crippen LogP contribution in [0.5, 0.6) is 0 Å². The van der Waals surface area contributed by atoms with Crippen molar-refractivity contribution in [1.82, 2.24) is 0 Å². The Hall–Kier alpha value is -0.500. The van der Waals surface area contributed by atoms with E-state index >= 15 is 0 Å². The van der Waals surface area contributed by atoms with E-state index in [-0.39, 0.29) is 0 Å². The van der Waals surface area contributed by atoms with Gasteiger partial charge in [0.2, 0.25) is 0 Å². The SMILES string of the molecule is CC1CC(O)(C2=CCCCO2)C1. The first-order chi connectivity index (χ1) is 5.71. The summed E-state index contributed by atoms with van der Waals surface area (Å²) in [5.74, 6) is 1.49. The molecule has 2 aliphatic rings. The molecule has 0 radical (unpaired) electrons. The fourth-order valence-corrected chi connectivity index (χ4v) is 2.18. The zero-order valence-electron chi connectivity index (χ0n) is 7.55. The van der Waals surface area contributed by atoms with E-state index in [1.807, 2.05) is 0 Å². The molecular weight excluding hydrogens is 152 g/mol. The zero-order chi connectivity index (χ0) is 8.60. The molecule has 0 aromatic carbocycles. The molecule has 0 unspecified atom stereocenters. The number of ether oxygens (including phenoxy) is 1. The van der Waals surface area contributed by atoms with E-state index in [0.29, 0.717) is 5.92 Å². The summed E-state index contributed by atoms with van der Waals surface area (Å²) in [5.41, 5.74) is -0.597. The van der Waals surface area contributed by atoms with Crippen molar-refractivity contribution in [3.63, 3.8) is 0 Å². The van der Waals surface area contributed by atoms with Gasteiger partial charge in [-0.2, -0.15) is 0 Å². The van der Waals surface area contributed by atoms with Crippen LogP contribution >= 0.6 is 0 Å². The van der Waals surface area contributed by atoms with E-state index in [1.54, 1.807) is 0 Å². The quantitative estimate of drug-likeness (QED) is 0.647. The predicted octanol–water partition coefficient (Wildman–Crippen LogP) is 1.84. The second-order valence-corrected chi connectivity index (χ2v) is 4.10. The Morgan fingerprint density at radius 3 is 2.83 bits per heavy atom. The van der Waals surface area contributed by atoms with Crippen molar-refractivity contribution in [3.8, 4) is 0 Å². The number of hydrogen-bond acceptors (Lipinski definition) is 2. The maximum atomic E-state index is 10.0. The maximum absolute atomic E-state index is 10.0. The van der Waals surface area contributed by atoms with Crippen LogP contribution in [0.3, 0.4) is 0 Å². The largest absolute Gasteiger partial charge is 0.495 e. The number of allylic oxidation sites excluding steroid dienone is 1. The molecule has 1 aliphatic carbocycles. The highest BCUT2D eigenvalue weighted by Gasteiger charge is 2.44. The van der Waals surface area contributed by atoms with Gasteiger partial charge in [-0.05, 0) is 37.7 Å². The fraction of sp³-hybridized carbons (Fsp3) is 0.800. The minimum atomic E-state index is -0.597. The Bertz CT molecular complexity index is 202. The molecule has 2 heteroatoms. The van der Waals surface area contributed by atoms with Crippen molar-refractivity contribution in [2.45, 2.75) is 38.2 Å². The van der Waals surface area contributed by atoms with Crippen LogP contribution < -0.4 is 0 Å². The van der Waals surface area contributed by atoms with Crippen LogP contribution in [-0.4, -0.2) is 17.3 Å². The van der Waals surface area contributed by atoms with Crippen LogP contribution in [0.25, 0.3) is 0 Å². The van der Waals surface area contributed by atoms with E-state index in [9.17, 15) is 5.11 Å². The van der Waals surface area contributed by atoms with Crippen molar-refractivity contribution in [3.05, 3.63) is 11.8 Å². The molecule has 68 valence electrons. The molecule has 2 rings (SSSR count). The lowest BCUT2D eigenvalue weighted by Crippen LogP contribution is -2.45. The van der Waals surface area contributed by atoms with Crippen LogP contribution in [0, 0.1) is 5.92 Å². The maximum Gasteiger partial charge on any atom is 0.124 e. The minimum Gasteiger partial charge on any atom is -0.495 e. The summed E-state index contributed by atoms with van der Waals surface area (Å²) in [6, 6.07) is 0. The lowest BCUT2D eigenvalue weighted by molar-refractivity contribution is -0.0795. The van der Waals surface area contributed by atoms with Gasteiger partial charge in [0.1, 0.15) is 11.4 Å². The van der Waals surface area contributed by atoms with Crippen LogP contribution in [0.1, 0.15) is 32.6 Å². The van der Waals surface area contributed by atoms with Crippen molar-refractivity contribution in [2.24, 2.45) is 5.92 Å². The molecule has 0 spiro atoms. The summed E-state index contributed by atoms with van der Waals surface area (Å²) in [4.78, 5) is 0. The smallest absolute Gasteiger partial charge is 0.124 e. The fourth-order valence-electron chi connectivity index (χ4n) is 2.18. The van der Waals surface area contributed by atoms with Gasteiger partial charge in [0, 0.05) is 0 Å². The van der Waals surface area contributed by atoms with Crippen LogP contribution in [0.4, 0.5) is 0 Å². The number of hydrogen-bond donors (Lipinski definition) is 1. The molecule has 0 amide bonds. The van der Waals surface area contributed by atoms with Crippen molar-refractivity contribution >= 4 is 0 Å². The Balaban J connectivity index is 2.03. The lowest BCUT2D eigenvalue weighted by atomic mass is 9.70. The third kappa shape index (κ3) is 1.24. The van der Waals surface area contributed by atoms with E-state index in [4.69, 9.17) is 4.74 Å². The molecule has 1 N–H and O–H groups in total. The monoisotopic (exact) mass is 168 g/mol. The molecule has 1 heterocycles. The highest BCUT2D eigenvalue weighted by atomic mass is 16.5. The molecule has 1 aliphatic heterocycles. The number of rotatable bonds is 1. The highest BCUT2D eigenvalue weighted by Crippen LogP contribution is 2.43. The summed E-state index contributed by atoms with van der Waals surface area (Å²) < 4.78 is 5.44. The van der Waals surface area contributed by atoms with Crippen molar-refractivity contribution in [1.29, 1.82) is 0 Å². The third-order valence-corrected chi connectivity index (χ3v) is 2.77. The molecule has 1 fully saturated rings. The van der Waals surface area contributed by atoms with Crippen molar-refractivity contribution in [2.75, 3.05) is 6.61 Å². The van der Waals surface area contributed by atoms with Gasteiger partial charge in [0.05, 0.1) is 6.61 Å². The first-order valence-corrected chi connectivity index (χ1v) is 4.76. The van der Waals surface area contributed by atoms with Crippen molar-refractivity contribution < 1.29 is 9.84 Å². The predicted molar refractivity (Wildman–Crippen MR) is 46.6 cm³/mol. The van der Waals surface area contributed by atoms with Crippen LogP contribution in [0.15, 0.2) is 11.8 Å². The normalized spacial score (nSPS) is 41.2. The second-order valence-electron chi connectivity index (χ2n) is 4.10. The molecule has 2 nitrogen and oxygen atoms in total. The summed E-state index contributed by atoms with van der Waals surface area (Å²) >= 11 is 0. The van der Waals surface area contributed by atoms with Gasteiger partial charge < -0.3 is 9.84 Å². The highest BCUT2D eigenvalue weighted by molar-refractivity contribution is 5.16. The standard InChI is InChI=1S/C10H16O2/c1-8-6-10(11,7-8)9-4-2-3-5-12-9/h4,8,11H,2-3,5-7H2,1H3. The summed E-state index contributed by atoms with van der Waals surface area (Å²) in [7, 11) is 0. The Kier molecular flexibility index (Phi) is 1.87. The molecule has 12 heavy (non-hydrogen) atoms. The minimum absolute atomic E-state index is 0.597. The summed E-state index contributed by atoms with van der Waals surface area (Å²) in [6.45, 7) is 2.94. The van der Waals surface area contributed by atoms with E-state index < -0.39 is 5.60 Å². The average molecular weight is 168 g/mol. The van der Waals surface area contributed by atoms with Gasteiger partial charge in [-0.15, -0.1) is 0 Å². The Labute approximate surface area is 73.2 Å². The lowest BCUT2D eigenvalue weighted by Gasteiger charge is -2.43. The van der Waals surface area contributed by atoms with Gasteiger partial charge in [0.15, 0.2) is 0 Å². The summed E-state index contributed by atoms with van der Waals surface area (Å²) in [5, 5.41) is 10.0. The molecule has 0 saturated heterocycles. The van der Waals surface area contributed by atoms with Gasteiger partial charge in [-0.1, -0.05) is 6.92 Å². The molecule has 0 atom stereocenters. The first-order valence-electron chi connectivity index (χ1n) is 4.76. The Morgan fingerprint density at radius 1 is 1.58 bits per heavy atom. The summed E-state index contributed by atoms with van der Waals surface area (Å²) in [6.07, 6.45) is 5.95. The molecular formula is C10H16O2. The molecule has 0 bridgehead atoms. The zero-order valence-corrected chi connectivity index (χ0v) is 7.55. The van der Waals surface area contributed by atoms with E-state index in [1.165, 1.54) is 0 Å². The topological polar surface area (TPSA) is 29.5 Å². The molecule has 0 aromatic heterocycles. The van der Waals surface area contributed by atoms with E-state index in [0.717, 1.165) is 38.0 Å². The van der Waals surface area contributed by atoms with Gasteiger partial charge in [0.25, 0.3) is 0 Å². The molecule has 1 saturated carbocycles. The third-order valence-electron chi connectivity index (χ3n) is 2.77. The molecule has 0 aromatic rings. The van der Waals surface area contributed by atoms with Gasteiger partial charge in [-0.25, -0.2) is 0 Å².